The van der Waals surface area contributed by atoms with E-state index in [1.807, 2.05) is 26.2 Å². The summed E-state index contributed by atoms with van der Waals surface area (Å²) < 4.78 is 35.4. The first kappa shape index (κ1) is 22.6. The Morgan fingerprint density at radius 2 is 1.74 bits per heavy atom. The minimum absolute atomic E-state index is 0.0818. The van der Waals surface area contributed by atoms with Gasteiger partial charge in [-0.2, -0.15) is 0 Å². The maximum atomic E-state index is 13.9. The van der Waals surface area contributed by atoms with Crippen LogP contribution in [-0.2, 0) is 5.34 Å². The Morgan fingerprint density at radius 1 is 1.09 bits per heavy atom. The average molecular weight is 462 g/mol. The van der Waals surface area contributed by atoms with Crippen molar-refractivity contribution in [3.05, 3.63) is 42.3 Å². The third-order valence-electron chi connectivity index (χ3n) is 7.28. The number of aromatic nitrogens is 5. The SMILES string of the molecule is BC(B)(C1CCC(F)(F)CC1)n1cc(-c2cnc(N)nc2)c2ncc(-c3c(C)noc3C)cc21. The van der Waals surface area contributed by atoms with E-state index in [0.717, 1.165) is 44.7 Å². The number of aryl methyl sites for hydroxylation is 2. The number of hydrogen-bond donors (Lipinski definition) is 1. The van der Waals surface area contributed by atoms with Crippen molar-refractivity contribution in [3.63, 3.8) is 0 Å². The number of fused-ring (bicyclic) bond motifs is 1. The molecule has 174 valence electrons. The fourth-order valence-corrected chi connectivity index (χ4v) is 5.24. The normalized spacial score (nSPS) is 16.8. The lowest BCUT2D eigenvalue weighted by atomic mass is 9.52. The van der Waals surface area contributed by atoms with Gasteiger partial charge in [-0.05, 0) is 44.0 Å². The van der Waals surface area contributed by atoms with E-state index in [9.17, 15) is 8.78 Å². The minimum Gasteiger partial charge on any atom is -0.368 e. The first-order valence-corrected chi connectivity index (χ1v) is 11.5. The van der Waals surface area contributed by atoms with Gasteiger partial charge in [-0.15, -0.1) is 0 Å². The van der Waals surface area contributed by atoms with Crippen molar-refractivity contribution in [1.29, 1.82) is 0 Å². The van der Waals surface area contributed by atoms with Gasteiger partial charge < -0.3 is 14.8 Å². The van der Waals surface area contributed by atoms with E-state index in [2.05, 4.69) is 41.5 Å². The molecule has 2 N–H and O–H groups in total. The first-order chi connectivity index (χ1) is 16.1. The number of pyridine rings is 1. The molecule has 1 fully saturated rings. The Balaban J connectivity index is 1.69. The molecule has 0 unspecified atom stereocenters. The molecule has 0 aromatic carbocycles. The summed E-state index contributed by atoms with van der Waals surface area (Å²) in [5.74, 6) is -1.56. The number of halogens is 2. The van der Waals surface area contributed by atoms with E-state index < -0.39 is 11.3 Å². The van der Waals surface area contributed by atoms with Gasteiger partial charge in [-0.25, -0.2) is 18.7 Å². The van der Waals surface area contributed by atoms with Gasteiger partial charge in [0.15, 0.2) is 0 Å². The second-order valence-corrected chi connectivity index (χ2v) is 9.82. The van der Waals surface area contributed by atoms with Crippen LogP contribution in [0.3, 0.4) is 0 Å². The van der Waals surface area contributed by atoms with Crippen LogP contribution in [0.5, 0.6) is 0 Å². The highest BCUT2D eigenvalue weighted by atomic mass is 19.3. The number of hydrogen-bond acceptors (Lipinski definition) is 6. The Hall–Kier alpha value is -3.23. The molecule has 4 heterocycles. The lowest BCUT2D eigenvalue weighted by Gasteiger charge is -2.41. The molecule has 0 atom stereocenters. The lowest BCUT2D eigenvalue weighted by molar-refractivity contribution is -0.0498. The van der Waals surface area contributed by atoms with E-state index in [0.29, 0.717) is 12.8 Å². The van der Waals surface area contributed by atoms with Crippen molar-refractivity contribution in [1.82, 2.24) is 24.7 Å². The van der Waals surface area contributed by atoms with Crippen molar-refractivity contribution in [2.75, 3.05) is 5.73 Å². The van der Waals surface area contributed by atoms with Crippen molar-refractivity contribution in [3.8, 4) is 22.3 Å². The largest absolute Gasteiger partial charge is 0.368 e. The topological polar surface area (TPSA) is 95.7 Å². The van der Waals surface area contributed by atoms with E-state index >= 15 is 0 Å². The molecule has 5 rings (SSSR count). The molecule has 0 spiro atoms. The summed E-state index contributed by atoms with van der Waals surface area (Å²) >= 11 is 0. The van der Waals surface area contributed by atoms with E-state index in [-0.39, 0.29) is 24.7 Å². The number of nitrogens with zero attached hydrogens (tertiary/aromatic N) is 5. The third kappa shape index (κ3) is 3.76. The maximum absolute atomic E-state index is 13.9. The molecule has 0 aliphatic heterocycles. The minimum atomic E-state index is -2.57. The molecule has 11 heteroatoms. The molecular weight excluding hydrogens is 436 g/mol. The summed E-state index contributed by atoms with van der Waals surface area (Å²) in [7, 11) is 4.23. The Kier molecular flexibility index (Phi) is 5.26. The maximum Gasteiger partial charge on any atom is 0.248 e. The zero-order chi connectivity index (χ0) is 24.3. The molecule has 0 radical (unpaired) electrons. The Labute approximate surface area is 198 Å². The molecule has 1 aliphatic carbocycles. The van der Waals surface area contributed by atoms with Crippen LogP contribution in [0.4, 0.5) is 14.7 Å². The molecule has 0 amide bonds. The number of nitrogens with two attached hydrogens (primary N) is 1. The van der Waals surface area contributed by atoms with Crippen molar-refractivity contribution < 1.29 is 13.3 Å². The quantitative estimate of drug-likeness (QED) is 0.469. The Bertz CT molecular complexity index is 1340. The summed E-state index contributed by atoms with van der Waals surface area (Å²) in [6.07, 6.45) is 7.99. The monoisotopic (exact) mass is 462 g/mol. The zero-order valence-electron chi connectivity index (χ0n) is 19.8. The van der Waals surface area contributed by atoms with Gasteiger partial charge >= 0.3 is 0 Å². The van der Waals surface area contributed by atoms with Crippen molar-refractivity contribution in [2.45, 2.75) is 50.8 Å². The molecule has 1 saturated carbocycles. The van der Waals surface area contributed by atoms with Crippen LogP contribution in [0, 0.1) is 19.8 Å². The molecule has 34 heavy (non-hydrogen) atoms. The van der Waals surface area contributed by atoms with Gasteiger partial charge in [0.05, 0.1) is 16.7 Å². The van der Waals surface area contributed by atoms with Gasteiger partial charge in [-0.1, -0.05) is 5.16 Å². The van der Waals surface area contributed by atoms with E-state index in [1.165, 1.54) is 0 Å². The van der Waals surface area contributed by atoms with Crippen molar-refractivity contribution in [2.24, 2.45) is 5.92 Å². The molecule has 4 aromatic rings. The predicted molar refractivity (Wildman–Crippen MR) is 132 cm³/mol. The standard InChI is InChI=1S/C23H26B2F2N6O/c1-12-19(13(2)34-32-12)14-7-18-20(29-8-14)17(15-9-30-21(28)31-10-15)11-33(18)23(24,25)16-3-5-22(26,27)6-4-16/h7-11,16H,3-6,24-25H2,1-2H3,(H2,28,30,31). The highest BCUT2D eigenvalue weighted by molar-refractivity contribution is 6.38. The summed E-state index contributed by atoms with van der Waals surface area (Å²) in [5.41, 5.74) is 11.7. The number of anilines is 1. The number of alkyl halides is 2. The zero-order valence-corrected chi connectivity index (χ0v) is 19.8. The van der Waals surface area contributed by atoms with Gasteiger partial charge in [0.25, 0.3) is 0 Å². The summed E-state index contributed by atoms with van der Waals surface area (Å²) in [6.45, 7) is 3.78. The number of rotatable bonds is 4. The summed E-state index contributed by atoms with van der Waals surface area (Å²) in [5, 5.41) is 3.67. The first-order valence-electron chi connectivity index (χ1n) is 11.5. The van der Waals surface area contributed by atoms with Crippen LogP contribution in [0.25, 0.3) is 33.3 Å². The smallest absolute Gasteiger partial charge is 0.248 e. The Morgan fingerprint density at radius 3 is 2.35 bits per heavy atom. The van der Waals surface area contributed by atoms with Crippen LogP contribution >= 0.6 is 0 Å². The van der Waals surface area contributed by atoms with Gasteiger partial charge in [0.2, 0.25) is 11.9 Å². The van der Waals surface area contributed by atoms with Crippen LogP contribution < -0.4 is 5.73 Å². The molecule has 4 aromatic heterocycles. The molecule has 1 aliphatic rings. The van der Waals surface area contributed by atoms with Crippen LogP contribution in [0.2, 0.25) is 0 Å². The molecular formula is C23H26B2F2N6O. The lowest BCUT2D eigenvalue weighted by Crippen LogP contribution is -2.45. The van der Waals surface area contributed by atoms with Gasteiger partial charge in [-0.3, -0.25) is 4.98 Å². The van der Waals surface area contributed by atoms with Crippen LogP contribution in [0.15, 0.2) is 35.4 Å². The fraction of sp³-hybridized carbons (Fsp3) is 0.391. The molecule has 0 bridgehead atoms. The number of nitrogen functional groups attached to an aromatic ring is 1. The van der Waals surface area contributed by atoms with Crippen LogP contribution in [0.1, 0.15) is 37.1 Å². The second-order valence-electron chi connectivity index (χ2n) is 9.82. The second kappa shape index (κ2) is 7.92. The fourth-order valence-electron chi connectivity index (χ4n) is 5.24. The predicted octanol–water partition coefficient (Wildman–Crippen LogP) is 3.05. The summed E-state index contributed by atoms with van der Waals surface area (Å²) in [4.78, 5) is 13.1. The van der Waals surface area contributed by atoms with Crippen molar-refractivity contribution >= 4 is 32.7 Å². The highest BCUT2D eigenvalue weighted by Crippen LogP contribution is 2.43. The van der Waals surface area contributed by atoms with Gasteiger partial charge in [0, 0.05) is 59.9 Å². The average Bonchev–Trinajstić information content (AvgIpc) is 3.33. The third-order valence-corrected chi connectivity index (χ3v) is 7.28. The molecule has 7 nitrogen and oxygen atoms in total. The summed E-state index contributed by atoms with van der Waals surface area (Å²) in [6, 6.07) is 2.08. The van der Waals surface area contributed by atoms with Crippen LogP contribution in [-0.4, -0.2) is 46.3 Å². The van der Waals surface area contributed by atoms with E-state index in [4.69, 9.17) is 15.2 Å². The highest BCUT2D eigenvalue weighted by Gasteiger charge is 2.41. The van der Waals surface area contributed by atoms with Gasteiger partial charge in [0.1, 0.15) is 21.5 Å². The van der Waals surface area contributed by atoms with E-state index in [1.54, 1.807) is 12.4 Å². The molecule has 0 saturated heterocycles.